The molecule has 6 heteroatoms. The van der Waals surface area contributed by atoms with E-state index in [2.05, 4.69) is 0 Å². The highest BCUT2D eigenvalue weighted by molar-refractivity contribution is 5.79. The predicted octanol–water partition coefficient (Wildman–Crippen LogP) is 3.86. The smallest absolute Gasteiger partial charge is 0.226 e. The summed E-state index contributed by atoms with van der Waals surface area (Å²) in [6, 6.07) is 13.2. The van der Waals surface area contributed by atoms with Crippen molar-refractivity contribution in [3.05, 3.63) is 53.6 Å². The van der Waals surface area contributed by atoms with Crippen molar-refractivity contribution in [1.29, 1.82) is 0 Å². The Morgan fingerprint density at radius 3 is 2.71 bits per heavy atom. The maximum atomic E-state index is 12.9. The van der Waals surface area contributed by atoms with E-state index in [9.17, 15) is 9.90 Å². The average Bonchev–Trinajstić information content (AvgIpc) is 2.81. The molecule has 0 aromatic heterocycles. The summed E-state index contributed by atoms with van der Waals surface area (Å²) in [5, 5.41) is 10.4. The van der Waals surface area contributed by atoms with E-state index in [4.69, 9.17) is 14.2 Å². The second-order valence-electron chi connectivity index (χ2n) is 8.81. The number of carbonyl (C=O) groups is 1. The Morgan fingerprint density at radius 1 is 1.19 bits per heavy atom. The molecule has 2 fully saturated rings. The van der Waals surface area contributed by atoms with Crippen LogP contribution in [0.25, 0.3) is 0 Å². The first-order valence-electron chi connectivity index (χ1n) is 11.1. The van der Waals surface area contributed by atoms with Crippen molar-refractivity contribution in [2.75, 3.05) is 26.8 Å². The van der Waals surface area contributed by atoms with Gasteiger partial charge in [0.1, 0.15) is 11.4 Å². The monoisotopic (exact) mass is 423 g/mol. The maximum absolute atomic E-state index is 12.9. The zero-order valence-electron chi connectivity index (χ0n) is 17.9. The third kappa shape index (κ3) is 3.63. The molecular weight excluding hydrogens is 394 g/mol. The van der Waals surface area contributed by atoms with E-state index in [0.29, 0.717) is 25.3 Å². The third-order valence-corrected chi connectivity index (χ3v) is 7.11. The first kappa shape index (κ1) is 20.2. The molecule has 3 aliphatic heterocycles. The Balaban J connectivity index is 1.31. The normalized spacial score (nSPS) is 24.1. The van der Waals surface area contributed by atoms with Gasteiger partial charge in [0, 0.05) is 44.0 Å². The number of ether oxygens (including phenoxy) is 3. The molecule has 1 N–H and O–H groups in total. The number of hydrogen-bond acceptors (Lipinski definition) is 5. The molecule has 5 rings (SSSR count). The summed E-state index contributed by atoms with van der Waals surface area (Å²) in [7, 11) is 1.64. The molecular formula is C25H29NO5. The fourth-order valence-corrected chi connectivity index (χ4v) is 5.42. The Morgan fingerprint density at radius 2 is 1.97 bits per heavy atom. The number of para-hydroxylation sites is 1. The number of carbonyl (C=O) groups excluding carboxylic acids is 1. The number of phenols is 1. The molecule has 2 aromatic carbocycles. The van der Waals surface area contributed by atoms with Crippen LogP contribution in [0.1, 0.15) is 42.9 Å². The number of nitrogens with zero attached hydrogens (tertiary/aromatic N) is 1. The summed E-state index contributed by atoms with van der Waals surface area (Å²) in [6.07, 6.45) is 3.89. The van der Waals surface area contributed by atoms with E-state index in [0.717, 1.165) is 49.2 Å². The van der Waals surface area contributed by atoms with Gasteiger partial charge in [-0.3, -0.25) is 4.79 Å². The minimum Gasteiger partial charge on any atom is -0.504 e. The number of benzene rings is 2. The zero-order valence-corrected chi connectivity index (χ0v) is 17.9. The Hall–Kier alpha value is -2.73. The van der Waals surface area contributed by atoms with Crippen LogP contribution in [0.5, 0.6) is 17.2 Å². The number of likely N-dealkylation sites (tertiary alicyclic amines) is 1. The third-order valence-electron chi connectivity index (χ3n) is 7.11. The number of amides is 1. The first-order valence-corrected chi connectivity index (χ1v) is 11.1. The number of rotatable bonds is 3. The summed E-state index contributed by atoms with van der Waals surface area (Å²) < 4.78 is 17.9. The summed E-state index contributed by atoms with van der Waals surface area (Å²) in [6.45, 7) is 2.04. The van der Waals surface area contributed by atoms with Gasteiger partial charge in [-0.05, 0) is 36.6 Å². The van der Waals surface area contributed by atoms with Crippen molar-refractivity contribution in [2.45, 2.75) is 43.8 Å². The molecule has 2 saturated heterocycles. The van der Waals surface area contributed by atoms with Crippen LogP contribution in [0.15, 0.2) is 42.5 Å². The standard InChI is InChI=1S/C25H29NO5/c1-29-18-9-7-17(8-10-18)16-22(28)26-13-11-25(12-14-26)20-5-3-15-30-23(20)19-4-2-6-21(27)24(19)31-25/h2,4,6-10,20,23,27H,3,5,11-16H2,1H3/t20-,23+/m0/s1. The number of methoxy groups -OCH3 is 1. The Kier molecular flexibility index (Phi) is 5.26. The van der Waals surface area contributed by atoms with E-state index in [1.807, 2.05) is 41.3 Å². The SMILES string of the molecule is COc1ccc(CC(=O)N2CCC3(CC2)Oc2c(O)cccc2[C@H]2OCCC[C@@H]23)cc1. The number of fused-ring (bicyclic) bond motifs is 4. The summed E-state index contributed by atoms with van der Waals surface area (Å²) >= 11 is 0. The predicted molar refractivity (Wildman–Crippen MR) is 115 cm³/mol. The van der Waals surface area contributed by atoms with Crippen LogP contribution in [0, 0.1) is 5.92 Å². The lowest BCUT2D eigenvalue weighted by atomic mass is 9.70. The second kappa shape index (κ2) is 8.08. The lowest BCUT2D eigenvalue weighted by Crippen LogP contribution is -2.58. The molecule has 1 spiro atoms. The van der Waals surface area contributed by atoms with E-state index in [1.165, 1.54) is 0 Å². The minimum atomic E-state index is -0.395. The van der Waals surface area contributed by atoms with Crippen LogP contribution in [0.4, 0.5) is 0 Å². The number of aromatic hydroxyl groups is 1. The average molecular weight is 424 g/mol. The Bertz CT molecular complexity index is 949. The van der Waals surface area contributed by atoms with Crippen LogP contribution < -0.4 is 9.47 Å². The van der Waals surface area contributed by atoms with Gasteiger partial charge in [0.25, 0.3) is 0 Å². The molecule has 0 radical (unpaired) electrons. The highest BCUT2D eigenvalue weighted by Crippen LogP contribution is 2.55. The molecule has 6 nitrogen and oxygen atoms in total. The van der Waals surface area contributed by atoms with E-state index in [-0.39, 0.29) is 23.7 Å². The quantitative estimate of drug-likeness (QED) is 0.812. The van der Waals surface area contributed by atoms with Crippen molar-refractivity contribution in [1.82, 2.24) is 4.90 Å². The van der Waals surface area contributed by atoms with Crippen molar-refractivity contribution in [3.63, 3.8) is 0 Å². The lowest BCUT2D eigenvalue weighted by Gasteiger charge is -2.53. The van der Waals surface area contributed by atoms with Crippen molar-refractivity contribution in [3.8, 4) is 17.2 Å². The van der Waals surface area contributed by atoms with E-state index < -0.39 is 5.60 Å². The number of hydrogen-bond donors (Lipinski definition) is 1. The molecule has 3 heterocycles. The Labute approximate surface area is 182 Å². The van der Waals surface area contributed by atoms with Crippen molar-refractivity contribution in [2.24, 2.45) is 5.92 Å². The maximum Gasteiger partial charge on any atom is 0.226 e. The highest BCUT2D eigenvalue weighted by atomic mass is 16.5. The van der Waals surface area contributed by atoms with Gasteiger partial charge in [0.2, 0.25) is 5.91 Å². The topological polar surface area (TPSA) is 68.2 Å². The summed E-state index contributed by atoms with van der Waals surface area (Å²) in [4.78, 5) is 14.9. The molecule has 3 aliphatic rings. The van der Waals surface area contributed by atoms with Crippen molar-refractivity contribution >= 4 is 5.91 Å². The molecule has 0 saturated carbocycles. The fourth-order valence-electron chi connectivity index (χ4n) is 5.42. The van der Waals surface area contributed by atoms with Gasteiger partial charge >= 0.3 is 0 Å². The molecule has 0 bridgehead atoms. The zero-order chi connectivity index (χ0) is 21.4. The summed E-state index contributed by atoms with van der Waals surface area (Å²) in [5.74, 6) is 1.90. The molecule has 2 aromatic rings. The number of piperidine rings is 1. The number of phenolic OH excluding ortho intramolecular Hbond substituents is 1. The van der Waals surface area contributed by atoms with Gasteiger partial charge in [0.05, 0.1) is 19.6 Å². The van der Waals surface area contributed by atoms with E-state index >= 15 is 0 Å². The van der Waals surface area contributed by atoms with Gasteiger partial charge in [-0.1, -0.05) is 24.3 Å². The fraction of sp³-hybridized carbons (Fsp3) is 0.480. The van der Waals surface area contributed by atoms with Crippen LogP contribution >= 0.6 is 0 Å². The van der Waals surface area contributed by atoms with Gasteiger partial charge in [-0.15, -0.1) is 0 Å². The first-order chi connectivity index (χ1) is 15.1. The van der Waals surface area contributed by atoms with Gasteiger partial charge < -0.3 is 24.2 Å². The van der Waals surface area contributed by atoms with Crippen molar-refractivity contribution < 1.29 is 24.1 Å². The summed E-state index contributed by atoms with van der Waals surface area (Å²) in [5.41, 5.74) is 1.54. The van der Waals surface area contributed by atoms with Crippen LogP contribution in [0.2, 0.25) is 0 Å². The highest BCUT2D eigenvalue weighted by Gasteiger charge is 2.53. The molecule has 1 amide bonds. The van der Waals surface area contributed by atoms with Gasteiger partial charge in [-0.2, -0.15) is 0 Å². The van der Waals surface area contributed by atoms with E-state index in [1.54, 1.807) is 13.2 Å². The van der Waals surface area contributed by atoms with Crippen LogP contribution in [0.3, 0.4) is 0 Å². The minimum absolute atomic E-state index is 0.0499. The second-order valence-corrected chi connectivity index (χ2v) is 8.81. The molecule has 2 atom stereocenters. The van der Waals surface area contributed by atoms with Crippen LogP contribution in [-0.2, 0) is 16.0 Å². The molecule has 0 unspecified atom stereocenters. The van der Waals surface area contributed by atoms with Gasteiger partial charge in [-0.25, -0.2) is 0 Å². The van der Waals surface area contributed by atoms with Crippen LogP contribution in [-0.4, -0.2) is 48.3 Å². The molecule has 31 heavy (non-hydrogen) atoms. The molecule has 164 valence electrons. The largest absolute Gasteiger partial charge is 0.504 e. The molecule has 0 aliphatic carbocycles. The van der Waals surface area contributed by atoms with Gasteiger partial charge in [0.15, 0.2) is 11.5 Å². The lowest BCUT2D eigenvalue weighted by molar-refractivity contribution is -0.157.